The average Bonchev–Trinajstić information content (AvgIpc) is 2.86. The Morgan fingerprint density at radius 2 is 1.91 bits per heavy atom. The summed E-state index contributed by atoms with van der Waals surface area (Å²) < 4.78 is 1.96. The largest absolute Gasteiger partial charge is 0.307 e. The van der Waals surface area contributed by atoms with E-state index in [2.05, 4.69) is 78.8 Å². The summed E-state index contributed by atoms with van der Waals surface area (Å²) in [6.07, 6.45) is 0. The zero-order valence-corrected chi connectivity index (χ0v) is 14.2. The molecule has 1 heterocycles. The van der Waals surface area contributed by atoms with Gasteiger partial charge in [0.1, 0.15) is 0 Å². The van der Waals surface area contributed by atoms with E-state index in [0.717, 1.165) is 18.8 Å². The Morgan fingerprint density at radius 3 is 2.50 bits per heavy atom. The van der Waals surface area contributed by atoms with Crippen molar-refractivity contribution in [1.82, 2.24) is 25.2 Å². The number of nitrogens with one attached hydrogen (secondary N) is 1. The van der Waals surface area contributed by atoms with Crippen LogP contribution >= 0.6 is 0 Å². The minimum atomic E-state index is 0.317. The van der Waals surface area contributed by atoms with Crippen LogP contribution in [-0.4, -0.2) is 40.0 Å². The summed E-state index contributed by atoms with van der Waals surface area (Å²) in [4.78, 5) is 2.26. The fourth-order valence-electron chi connectivity index (χ4n) is 2.95. The lowest BCUT2D eigenvalue weighted by Crippen LogP contribution is -2.39. The maximum atomic E-state index is 4.17. The second-order valence-electron chi connectivity index (χ2n) is 5.93. The van der Waals surface area contributed by atoms with Gasteiger partial charge in [0.15, 0.2) is 0 Å². The van der Waals surface area contributed by atoms with Gasteiger partial charge in [0, 0.05) is 25.2 Å². The van der Waals surface area contributed by atoms with Crippen molar-refractivity contribution in [2.45, 2.75) is 45.9 Å². The summed E-state index contributed by atoms with van der Waals surface area (Å²) in [7, 11) is 4.25. The zero-order valence-electron chi connectivity index (χ0n) is 14.2. The molecule has 5 heteroatoms. The average molecular weight is 301 g/mol. The smallest absolute Gasteiger partial charge is 0.0841 e. The lowest BCUT2D eigenvalue weighted by molar-refractivity contribution is 0.238. The van der Waals surface area contributed by atoms with Gasteiger partial charge in [-0.15, -0.1) is 5.10 Å². The number of hydrogen-bond acceptors (Lipinski definition) is 4. The van der Waals surface area contributed by atoms with Gasteiger partial charge in [-0.3, -0.25) is 0 Å². The number of benzene rings is 1. The SMILES string of the molecule is CCn1nnc(C)c1CNC(C)C(c1ccccc1)N(C)C. The number of aryl methyl sites for hydroxylation is 2. The Balaban J connectivity index is 2.09. The molecular weight excluding hydrogens is 274 g/mol. The van der Waals surface area contributed by atoms with E-state index >= 15 is 0 Å². The molecular formula is C17H27N5. The molecule has 0 fully saturated rings. The molecule has 2 unspecified atom stereocenters. The highest BCUT2D eigenvalue weighted by Crippen LogP contribution is 2.22. The first kappa shape index (κ1) is 16.6. The normalized spacial score (nSPS) is 14.3. The van der Waals surface area contributed by atoms with Crippen LogP contribution in [0.15, 0.2) is 30.3 Å². The number of aromatic nitrogens is 3. The molecule has 1 aromatic carbocycles. The van der Waals surface area contributed by atoms with Crippen LogP contribution in [0.2, 0.25) is 0 Å². The molecule has 1 N–H and O–H groups in total. The fraction of sp³-hybridized carbons (Fsp3) is 0.529. The van der Waals surface area contributed by atoms with Crippen molar-refractivity contribution in [2.24, 2.45) is 0 Å². The topological polar surface area (TPSA) is 46.0 Å². The van der Waals surface area contributed by atoms with Gasteiger partial charge in [0.05, 0.1) is 11.4 Å². The highest BCUT2D eigenvalue weighted by Gasteiger charge is 2.21. The fourth-order valence-corrected chi connectivity index (χ4v) is 2.95. The molecule has 0 saturated carbocycles. The van der Waals surface area contributed by atoms with Crippen molar-refractivity contribution in [3.63, 3.8) is 0 Å². The molecule has 0 aliphatic carbocycles. The molecule has 2 rings (SSSR count). The van der Waals surface area contributed by atoms with Gasteiger partial charge >= 0.3 is 0 Å². The Kier molecular flexibility index (Phi) is 5.69. The third-order valence-corrected chi connectivity index (χ3v) is 4.09. The number of nitrogens with zero attached hydrogens (tertiary/aromatic N) is 4. The molecule has 0 amide bonds. The summed E-state index contributed by atoms with van der Waals surface area (Å²) in [5, 5.41) is 12.0. The van der Waals surface area contributed by atoms with E-state index < -0.39 is 0 Å². The van der Waals surface area contributed by atoms with Gasteiger partial charge in [-0.2, -0.15) is 0 Å². The van der Waals surface area contributed by atoms with Crippen molar-refractivity contribution < 1.29 is 0 Å². The molecule has 0 bridgehead atoms. The molecule has 2 atom stereocenters. The molecule has 2 aromatic rings. The van der Waals surface area contributed by atoms with Crippen LogP contribution in [0, 0.1) is 6.92 Å². The molecule has 0 radical (unpaired) electrons. The van der Waals surface area contributed by atoms with E-state index in [1.165, 1.54) is 11.3 Å². The van der Waals surface area contributed by atoms with Crippen LogP contribution in [0.5, 0.6) is 0 Å². The standard InChI is InChI=1S/C17H27N5/c1-6-22-16(13(2)19-20-22)12-18-14(3)17(21(4)5)15-10-8-7-9-11-15/h7-11,14,17-18H,6,12H2,1-5H3. The third kappa shape index (κ3) is 3.72. The molecule has 1 aromatic heterocycles. The highest BCUT2D eigenvalue weighted by molar-refractivity contribution is 5.20. The maximum absolute atomic E-state index is 4.17. The van der Waals surface area contributed by atoms with Crippen LogP contribution in [0.1, 0.15) is 36.8 Å². The number of hydrogen-bond donors (Lipinski definition) is 1. The maximum Gasteiger partial charge on any atom is 0.0841 e. The minimum Gasteiger partial charge on any atom is -0.307 e. The van der Waals surface area contributed by atoms with Crippen molar-refractivity contribution in [1.29, 1.82) is 0 Å². The first-order valence-corrected chi connectivity index (χ1v) is 7.88. The van der Waals surface area contributed by atoms with Crippen molar-refractivity contribution >= 4 is 0 Å². The van der Waals surface area contributed by atoms with Gasteiger partial charge < -0.3 is 10.2 Å². The van der Waals surface area contributed by atoms with E-state index in [1.54, 1.807) is 0 Å². The van der Waals surface area contributed by atoms with Gasteiger partial charge in [0.2, 0.25) is 0 Å². The summed E-state index contributed by atoms with van der Waals surface area (Å²) in [5.41, 5.74) is 3.49. The predicted molar refractivity (Wildman–Crippen MR) is 89.6 cm³/mol. The van der Waals surface area contributed by atoms with E-state index in [1.807, 2.05) is 11.6 Å². The Labute approximate surface area is 133 Å². The molecule has 5 nitrogen and oxygen atoms in total. The lowest BCUT2D eigenvalue weighted by Gasteiger charge is -2.31. The first-order chi connectivity index (χ1) is 10.5. The number of likely N-dealkylation sites (N-methyl/N-ethyl adjacent to an activating group) is 1. The first-order valence-electron chi connectivity index (χ1n) is 7.88. The summed E-state index contributed by atoms with van der Waals surface area (Å²) in [5.74, 6) is 0. The Bertz CT molecular complexity index is 576. The Hall–Kier alpha value is -1.72. The quantitative estimate of drug-likeness (QED) is 0.853. The molecule has 120 valence electrons. The van der Waals surface area contributed by atoms with Crippen LogP contribution in [0.25, 0.3) is 0 Å². The van der Waals surface area contributed by atoms with E-state index in [-0.39, 0.29) is 0 Å². The molecule has 0 spiro atoms. The third-order valence-electron chi connectivity index (χ3n) is 4.09. The molecule has 0 aliphatic rings. The van der Waals surface area contributed by atoms with Crippen LogP contribution in [0.4, 0.5) is 0 Å². The second-order valence-corrected chi connectivity index (χ2v) is 5.93. The van der Waals surface area contributed by atoms with Crippen LogP contribution < -0.4 is 5.32 Å². The minimum absolute atomic E-state index is 0.317. The summed E-state index contributed by atoms with van der Waals surface area (Å²) >= 11 is 0. The van der Waals surface area contributed by atoms with Gasteiger partial charge in [-0.1, -0.05) is 35.5 Å². The van der Waals surface area contributed by atoms with E-state index in [9.17, 15) is 0 Å². The predicted octanol–water partition coefficient (Wildman–Crippen LogP) is 2.39. The van der Waals surface area contributed by atoms with Crippen LogP contribution in [-0.2, 0) is 13.1 Å². The monoisotopic (exact) mass is 301 g/mol. The highest BCUT2D eigenvalue weighted by atomic mass is 15.4. The summed E-state index contributed by atoms with van der Waals surface area (Å²) in [6.45, 7) is 7.97. The van der Waals surface area contributed by atoms with Crippen molar-refractivity contribution in [3.05, 3.63) is 47.3 Å². The molecule has 22 heavy (non-hydrogen) atoms. The molecule has 0 saturated heterocycles. The van der Waals surface area contributed by atoms with Gasteiger partial charge in [-0.05, 0) is 40.4 Å². The van der Waals surface area contributed by atoms with Gasteiger partial charge in [-0.25, -0.2) is 4.68 Å². The van der Waals surface area contributed by atoms with Crippen molar-refractivity contribution in [3.8, 4) is 0 Å². The lowest BCUT2D eigenvalue weighted by atomic mass is 9.99. The van der Waals surface area contributed by atoms with E-state index in [4.69, 9.17) is 0 Å². The molecule has 0 aliphatic heterocycles. The van der Waals surface area contributed by atoms with E-state index in [0.29, 0.717) is 12.1 Å². The van der Waals surface area contributed by atoms with Crippen molar-refractivity contribution in [2.75, 3.05) is 14.1 Å². The van der Waals surface area contributed by atoms with Gasteiger partial charge in [0.25, 0.3) is 0 Å². The summed E-state index contributed by atoms with van der Waals surface area (Å²) in [6, 6.07) is 11.3. The van der Waals surface area contributed by atoms with Crippen LogP contribution in [0.3, 0.4) is 0 Å². The second kappa shape index (κ2) is 7.51. The zero-order chi connectivity index (χ0) is 16.1. The Morgan fingerprint density at radius 1 is 1.23 bits per heavy atom. The number of rotatable bonds is 7.